The van der Waals surface area contributed by atoms with Crippen LogP contribution in [0.5, 0.6) is 5.75 Å². The third-order valence-corrected chi connectivity index (χ3v) is 3.45. The van der Waals surface area contributed by atoms with Crippen molar-refractivity contribution in [3.8, 4) is 5.75 Å². The Balaban J connectivity index is 1.84. The number of aryl methyl sites for hydroxylation is 3. The van der Waals surface area contributed by atoms with Crippen molar-refractivity contribution in [3.05, 3.63) is 28.8 Å². The third-order valence-electron chi connectivity index (χ3n) is 3.45. The topological polar surface area (TPSA) is 21.3 Å². The summed E-state index contributed by atoms with van der Waals surface area (Å²) < 4.78 is 6.00. The van der Waals surface area contributed by atoms with Crippen molar-refractivity contribution in [2.45, 2.75) is 46.6 Å². The number of hydrogen-bond acceptors (Lipinski definition) is 2. The zero-order chi connectivity index (χ0) is 13.1. The lowest BCUT2D eigenvalue weighted by atomic mass is 10.1. The van der Waals surface area contributed by atoms with Crippen LogP contribution in [-0.4, -0.2) is 19.2 Å². The molecule has 1 aliphatic carbocycles. The average molecular weight is 247 g/mol. The van der Waals surface area contributed by atoms with Gasteiger partial charge in [0, 0.05) is 18.5 Å². The standard InChI is InChI=1S/C16H25NO/c1-11-7-13(3)16(14(4)8-11)18-10-12(2)9-17-15-5-6-15/h7-8,12,15,17H,5-6,9-10H2,1-4H3. The lowest BCUT2D eigenvalue weighted by Gasteiger charge is -2.17. The van der Waals surface area contributed by atoms with Crippen LogP contribution in [0.1, 0.15) is 36.5 Å². The van der Waals surface area contributed by atoms with E-state index in [0.29, 0.717) is 5.92 Å². The lowest BCUT2D eigenvalue weighted by molar-refractivity contribution is 0.252. The molecule has 0 saturated heterocycles. The molecule has 1 saturated carbocycles. The average Bonchev–Trinajstić information content (AvgIpc) is 3.08. The van der Waals surface area contributed by atoms with Crippen LogP contribution >= 0.6 is 0 Å². The minimum atomic E-state index is 0.561. The van der Waals surface area contributed by atoms with Gasteiger partial charge in [-0.2, -0.15) is 0 Å². The van der Waals surface area contributed by atoms with E-state index < -0.39 is 0 Å². The molecule has 1 fully saturated rings. The molecule has 1 unspecified atom stereocenters. The van der Waals surface area contributed by atoms with Crippen molar-refractivity contribution in [2.75, 3.05) is 13.2 Å². The van der Waals surface area contributed by atoms with E-state index in [0.717, 1.165) is 24.9 Å². The van der Waals surface area contributed by atoms with Crippen LogP contribution in [0.2, 0.25) is 0 Å². The molecule has 0 amide bonds. The fourth-order valence-corrected chi connectivity index (χ4v) is 2.33. The molecule has 0 aromatic heterocycles. The molecule has 0 aliphatic heterocycles. The number of rotatable bonds is 6. The van der Waals surface area contributed by atoms with Gasteiger partial charge in [0.2, 0.25) is 0 Å². The normalized spacial score (nSPS) is 16.7. The monoisotopic (exact) mass is 247 g/mol. The Hall–Kier alpha value is -1.02. The highest BCUT2D eigenvalue weighted by atomic mass is 16.5. The molecule has 1 aromatic rings. The molecule has 2 nitrogen and oxygen atoms in total. The summed E-state index contributed by atoms with van der Waals surface area (Å²) in [5, 5.41) is 3.55. The molecule has 1 atom stereocenters. The summed E-state index contributed by atoms with van der Waals surface area (Å²) >= 11 is 0. The summed E-state index contributed by atoms with van der Waals surface area (Å²) in [5.41, 5.74) is 3.80. The minimum Gasteiger partial charge on any atom is -0.493 e. The molecule has 100 valence electrons. The Kier molecular flexibility index (Phi) is 4.28. The highest BCUT2D eigenvalue weighted by Gasteiger charge is 2.21. The van der Waals surface area contributed by atoms with Crippen LogP contribution in [0.25, 0.3) is 0 Å². The van der Waals surface area contributed by atoms with Gasteiger partial charge in [0.1, 0.15) is 5.75 Å². The molecule has 0 radical (unpaired) electrons. The molecule has 18 heavy (non-hydrogen) atoms. The first kappa shape index (κ1) is 13.4. The number of ether oxygens (including phenoxy) is 1. The fraction of sp³-hybridized carbons (Fsp3) is 0.625. The van der Waals surface area contributed by atoms with Crippen LogP contribution in [0.3, 0.4) is 0 Å². The highest BCUT2D eigenvalue weighted by Crippen LogP contribution is 2.25. The third kappa shape index (κ3) is 3.74. The number of benzene rings is 1. The Bertz CT molecular complexity index is 387. The molecule has 0 heterocycles. The fourth-order valence-electron chi connectivity index (χ4n) is 2.33. The van der Waals surface area contributed by atoms with E-state index in [1.165, 1.54) is 29.5 Å². The summed E-state index contributed by atoms with van der Waals surface area (Å²) in [6.45, 7) is 10.5. The minimum absolute atomic E-state index is 0.561. The smallest absolute Gasteiger partial charge is 0.125 e. The summed E-state index contributed by atoms with van der Waals surface area (Å²) in [5.74, 6) is 1.63. The molecule has 0 bridgehead atoms. The summed E-state index contributed by atoms with van der Waals surface area (Å²) in [4.78, 5) is 0. The Labute approximate surface area is 111 Å². The second-order valence-electron chi connectivity index (χ2n) is 5.83. The summed E-state index contributed by atoms with van der Waals surface area (Å²) in [6, 6.07) is 5.17. The first-order chi connectivity index (χ1) is 8.56. The molecular weight excluding hydrogens is 222 g/mol. The predicted molar refractivity (Wildman–Crippen MR) is 76.3 cm³/mol. The van der Waals surface area contributed by atoms with Gasteiger partial charge in [0.15, 0.2) is 0 Å². The molecule has 2 heteroatoms. The Morgan fingerprint density at radius 1 is 1.22 bits per heavy atom. The molecule has 1 aliphatic rings. The van der Waals surface area contributed by atoms with Gasteiger partial charge in [-0.05, 0) is 44.7 Å². The maximum absolute atomic E-state index is 6.00. The van der Waals surface area contributed by atoms with Crippen molar-refractivity contribution in [1.29, 1.82) is 0 Å². The number of nitrogens with one attached hydrogen (secondary N) is 1. The second-order valence-corrected chi connectivity index (χ2v) is 5.83. The van der Waals surface area contributed by atoms with E-state index in [2.05, 4.69) is 45.1 Å². The van der Waals surface area contributed by atoms with Crippen molar-refractivity contribution in [2.24, 2.45) is 5.92 Å². The van der Waals surface area contributed by atoms with Gasteiger partial charge in [-0.25, -0.2) is 0 Å². The second kappa shape index (κ2) is 5.75. The maximum Gasteiger partial charge on any atom is 0.125 e. The molecule has 0 spiro atoms. The van der Waals surface area contributed by atoms with Gasteiger partial charge < -0.3 is 10.1 Å². The zero-order valence-corrected chi connectivity index (χ0v) is 12.0. The van der Waals surface area contributed by atoms with E-state index in [4.69, 9.17) is 4.74 Å². The van der Waals surface area contributed by atoms with Gasteiger partial charge >= 0.3 is 0 Å². The summed E-state index contributed by atoms with van der Waals surface area (Å²) in [6.07, 6.45) is 2.70. The van der Waals surface area contributed by atoms with E-state index in [9.17, 15) is 0 Å². The van der Waals surface area contributed by atoms with Crippen molar-refractivity contribution in [3.63, 3.8) is 0 Å². The van der Waals surface area contributed by atoms with Gasteiger partial charge in [0.25, 0.3) is 0 Å². The predicted octanol–water partition coefficient (Wildman–Crippen LogP) is 3.38. The molecular formula is C16H25NO. The van der Waals surface area contributed by atoms with E-state index >= 15 is 0 Å². The zero-order valence-electron chi connectivity index (χ0n) is 12.0. The van der Waals surface area contributed by atoms with Gasteiger partial charge in [-0.3, -0.25) is 0 Å². The van der Waals surface area contributed by atoms with Crippen molar-refractivity contribution >= 4 is 0 Å². The first-order valence-corrected chi connectivity index (χ1v) is 7.00. The van der Waals surface area contributed by atoms with E-state index in [1.807, 2.05) is 0 Å². The number of hydrogen-bond donors (Lipinski definition) is 1. The van der Waals surface area contributed by atoms with E-state index in [1.54, 1.807) is 0 Å². The van der Waals surface area contributed by atoms with Crippen molar-refractivity contribution < 1.29 is 4.74 Å². The van der Waals surface area contributed by atoms with Crippen LogP contribution < -0.4 is 10.1 Å². The van der Waals surface area contributed by atoms with Gasteiger partial charge in [0.05, 0.1) is 6.61 Å². The molecule has 2 rings (SSSR count). The van der Waals surface area contributed by atoms with Crippen LogP contribution in [-0.2, 0) is 0 Å². The van der Waals surface area contributed by atoms with Gasteiger partial charge in [-0.1, -0.05) is 24.6 Å². The first-order valence-electron chi connectivity index (χ1n) is 7.00. The lowest BCUT2D eigenvalue weighted by Crippen LogP contribution is -2.26. The SMILES string of the molecule is Cc1cc(C)c(OCC(C)CNC2CC2)c(C)c1. The highest BCUT2D eigenvalue weighted by molar-refractivity contribution is 5.42. The van der Waals surface area contributed by atoms with Crippen LogP contribution in [0.4, 0.5) is 0 Å². The quantitative estimate of drug-likeness (QED) is 0.832. The van der Waals surface area contributed by atoms with E-state index in [-0.39, 0.29) is 0 Å². The summed E-state index contributed by atoms with van der Waals surface area (Å²) in [7, 11) is 0. The van der Waals surface area contributed by atoms with Crippen LogP contribution in [0, 0.1) is 26.7 Å². The largest absolute Gasteiger partial charge is 0.493 e. The van der Waals surface area contributed by atoms with Crippen molar-refractivity contribution in [1.82, 2.24) is 5.32 Å². The molecule has 1 N–H and O–H groups in total. The van der Waals surface area contributed by atoms with Crippen LogP contribution in [0.15, 0.2) is 12.1 Å². The maximum atomic E-state index is 6.00. The van der Waals surface area contributed by atoms with Gasteiger partial charge in [-0.15, -0.1) is 0 Å². The molecule has 1 aromatic carbocycles. The Morgan fingerprint density at radius 2 is 1.83 bits per heavy atom. The Morgan fingerprint density at radius 3 is 2.39 bits per heavy atom.